The van der Waals surface area contributed by atoms with Crippen LogP contribution in [0.3, 0.4) is 0 Å². The van der Waals surface area contributed by atoms with Gasteiger partial charge in [0.2, 0.25) is 5.82 Å². The molecular weight excluding hydrogens is 208 g/mol. The maximum atomic E-state index is 11.6. The minimum absolute atomic E-state index is 0.0301. The summed E-state index contributed by atoms with van der Waals surface area (Å²) in [5.41, 5.74) is 0. The zero-order valence-electron chi connectivity index (χ0n) is 8.79. The molecule has 16 heavy (non-hydrogen) atoms. The van der Waals surface area contributed by atoms with Gasteiger partial charge in [-0.2, -0.15) is 10.2 Å². The van der Waals surface area contributed by atoms with Crippen LogP contribution in [0.5, 0.6) is 0 Å². The van der Waals surface area contributed by atoms with Crippen molar-refractivity contribution in [3.8, 4) is 0 Å². The quantitative estimate of drug-likeness (QED) is 0.748. The molecule has 0 aliphatic rings. The van der Waals surface area contributed by atoms with Gasteiger partial charge in [0.15, 0.2) is 0 Å². The van der Waals surface area contributed by atoms with E-state index in [2.05, 4.69) is 25.6 Å². The molecule has 1 atom stereocenters. The van der Waals surface area contributed by atoms with Gasteiger partial charge in [-0.3, -0.25) is 14.6 Å². The van der Waals surface area contributed by atoms with Crippen molar-refractivity contribution >= 4 is 5.91 Å². The second-order valence-electron chi connectivity index (χ2n) is 3.44. The molecule has 0 aliphatic heterocycles. The Hall–Kier alpha value is -2.18. The zero-order valence-corrected chi connectivity index (χ0v) is 8.79. The van der Waals surface area contributed by atoms with E-state index in [1.807, 2.05) is 19.2 Å². The predicted octanol–water partition coefficient (Wildman–Crippen LogP) is -0.180. The molecule has 0 spiro atoms. The highest BCUT2D eigenvalue weighted by Gasteiger charge is 2.12. The van der Waals surface area contributed by atoms with Crippen molar-refractivity contribution in [2.75, 3.05) is 0 Å². The van der Waals surface area contributed by atoms with E-state index in [-0.39, 0.29) is 17.8 Å². The fraction of sp³-hybridized carbons (Fsp3) is 0.333. The minimum Gasteiger partial charge on any atom is -0.345 e. The van der Waals surface area contributed by atoms with Gasteiger partial charge in [0.05, 0.1) is 6.54 Å². The molecule has 0 saturated heterocycles. The van der Waals surface area contributed by atoms with Crippen LogP contribution >= 0.6 is 0 Å². The van der Waals surface area contributed by atoms with Gasteiger partial charge >= 0.3 is 0 Å². The molecular formula is C9H12N6O. The Morgan fingerprint density at radius 3 is 3.19 bits per heavy atom. The van der Waals surface area contributed by atoms with Crippen LogP contribution in [0.1, 0.15) is 17.5 Å². The average molecular weight is 220 g/mol. The normalized spacial score (nSPS) is 12.3. The lowest BCUT2D eigenvalue weighted by Gasteiger charge is -2.12. The Labute approximate surface area is 91.9 Å². The highest BCUT2D eigenvalue weighted by atomic mass is 16.2. The van der Waals surface area contributed by atoms with Gasteiger partial charge in [-0.05, 0) is 13.0 Å². The molecule has 1 unspecified atom stereocenters. The highest BCUT2D eigenvalue weighted by Crippen LogP contribution is 1.93. The Morgan fingerprint density at radius 1 is 1.69 bits per heavy atom. The lowest BCUT2D eigenvalue weighted by Crippen LogP contribution is -2.36. The van der Waals surface area contributed by atoms with Gasteiger partial charge in [-0.15, -0.1) is 0 Å². The van der Waals surface area contributed by atoms with Crippen molar-refractivity contribution in [3.05, 3.63) is 30.6 Å². The summed E-state index contributed by atoms with van der Waals surface area (Å²) in [5.74, 6) is -0.0514. The van der Waals surface area contributed by atoms with Crippen LogP contribution in [0.2, 0.25) is 0 Å². The molecule has 0 radical (unpaired) electrons. The summed E-state index contributed by atoms with van der Waals surface area (Å²) in [7, 11) is 0. The second kappa shape index (κ2) is 4.56. The smallest absolute Gasteiger partial charge is 0.288 e. The summed E-state index contributed by atoms with van der Waals surface area (Å²) in [4.78, 5) is 15.3. The number of hydrogen-bond donors (Lipinski definition) is 2. The van der Waals surface area contributed by atoms with Gasteiger partial charge in [0, 0.05) is 18.4 Å². The van der Waals surface area contributed by atoms with Crippen molar-refractivity contribution in [2.45, 2.75) is 19.5 Å². The minimum atomic E-state index is -0.267. The summed E-state index contributed by atoms with van der Waals surface area (Å²) < 4.78 is 1.76. The molecule has 0 fully saturated rings. The van der Waals surface area contributed by atoms with E-state index in [1.54, 1.807) is 10.9 Å². The third-order valence-corrected chi connectivity index (χ3v) is 2.03. The van der Waals surface area contributed by atoms with Crippen molar-refractivity contribution in [3.63, 3.8) is 0 Å². The van der Waals surface area contributed by atoms with Gasteiger partial charge in [0.25, 0.3) is 5.91 Å². The molecule has 1 amide bonds. The first kappa shape index (κ1) is 10.3. The Bertz CT molecular complexity index is 435. The van der Waals surface area contributed by atoms with Crippen LogP contribution in [-0.2, 0) is 6.54 Å². The standard InChI is InChI=1S/C9H12N6O/c1-7(5-15-4-2-3-12-15)13-9(16)8-10-6-11-14-8/h2-4,6-7H,5H2,1H3,(H,13,16)(H,10,11,14). The summed E-state index contributed by atoms with van der Waals surface area (Å²) in [5, 5.41) is 13.0. The van der Waals surface area contributed by atoms with Crippen LogP contribution < -0.4 is 5.32 Å². The molecule has 0 aromatic carbocycles. The van der Waals surface area contributed by atoms with Crippen LogP contribution in [0.4, 0.5) is 0 Å². The SMILES string of the molecule is CC(Cn1cccn1)NC(=O)c1ncn[nH]1. The first-order valence-corrected chi connectivity index (χ1v) is 4.89. The summed E-state index contributed by atoms with van der Waals surface area (Å²) in [6.07, 6.45) is 4.84. The van der Waals surface area contributed by atoms with Crippen molar-refractivity contribution in [1.29, 1.82) is 0 Å². The monoisotopic (exact) mass is 220 g/mol. The van der Waals surface area contributed by atoms with Gasteiger partial charge in [0.1, 0.15) is 6.33 Å². The number of carbonyl (C=O) groups excluding carboxylic acids is 1. The average Bonchev–Trinajstić information content (AvgIpc) is 2.88. The molecule has 0 saturated carbocycles. The van der Waals surface area contributed by atoms with E-state index in [9.17, 15) is 4.79 Å². The predicted molar refractivity (Wildman–Crippen MR) is 55.5 cm³/mol. The maximum Gasteiger partial charge on any atom is 0.288 e. The second-order valence-corrected chi connectivity index (χ2v) is 3.44. The lowest BCUT2D eigenvalue weighted by molar-refractivity contribution is 0.0926. The Kier molecular flexibility index (Phi) is 2.95. The lowest BCUT2D eigenvalue weighted by atomic mass is 10.3. The number of nitrogens with zero attached hydrogens (tertiary/aromatic N) is 4. The largest absolute Gasteiger partial charge is 0.345 e. The fourth-order valence-corrected chi connectivity index (χ4v) is 1.34. The fourth-order valence-electron chi connectivity index (χ4n) is 1.34. The highest BCUT2D eigenvalue weighted by molar-refractivity contribution is 5.90. The van der Waals surface area contributed by atoms with Gasteiger partial charge < -0.3 is 5.32 Å². The van der Waals surface area contributed by atoms with Crippen LogP contribution in [-0.4, -0.2) is 36.9 Å². The van der Waals surface area contributed by atoms with E-state index in [0.29, 0.717) is 6.54 Å². The van der Waals surface area contributed by atoms with Gasteiger partial charge in [-0.1, -0.05) is 0 Å². The van der Waals surface area contributed by atoms with Crippen molar-refractivity contribution in [2.24, 2.45) is 0 Å². The molecule has 7 nitrogen and oxygen atoms in total. The number of hydrogen-bond acceptors (Lipinski definition) is 4. The molecule has 2 N–H and O–H groups in total. The van der Waals surface area contributed by atoms with Gasteiger partial charge in [-0.25, -0.2) is 4.98 Å². The third kappa shape index (κ3) is 2.44. The van der Waals surface area contributed by atoms with E-state index < -0.39 is 0 Å². The number of aromatic nitrogens is 5. The number of nitrogens with one attached hydrogen (secondary N) is 2. The molecule has 7 heteroatoms. The first-order valence-electron chi connectivity index (χ1n) is 4.89. The molecule has 2 heterocycles. The topological polar surface area (TPSA) is 88.5 Å². The number of carbonyl (C=O) groups is 1. The Morgan fingerprint density at radius 2 is 2.56 bits per heavy atom. The maximum absolute atomic E-state index is 11.6. The number of amides is 1. The van der Waals surface area contributed by atoms with Crippen molar-refractivity contribution < 1.29 is 4.79 Å². The molecule has 2 aromatic heterocycles. The molecule has 0 aliphatic carbocycles. The molecule has 84 valence electrons. The summed E-state index contributed by atoms with van der Waals surface area (Å²) in [6.45, 7) is 2.52. The number of aromatic amines is 1. The number of rotatable bonds is 4. The third-order valence-electron chi connectivity index (χ3n) is 2.03. The van der Waals surface area contributed by atoms with E-state index >= 15 is 0 Å². The van der Waals surface area contributed by atoms with E-state index in [4.69, 9.17) is 0 Å². The van der Waals surface area contributed by atoms with Crippen LogP contribution in [0.25, 0.3) is 0 Å². The molecule has 2 rings (SSSR count). The summed E-state index contributed by atoms with van der Waals surface area (Å²) >= 11 is 0. The molecule has 2 aromatic rings. The van der Waals surface area contributed by atoms with E-state index in [1.165, 1.54) is 6.33 Å². The van der Waals surface area contributed by atoms with Crippen molar-refractivity contribution in [1.82, 2.24) is 30.3 Å². The number of H-pyrrole nitrogens is 1. The Balaban J connectivity index is 1.88. The first-order chi connectivity index (χ1) is 7.75. The zero-order chi connectivity index (χ0) is 11.4. The molecule has 0 bridgehead atoms. The van der Waals surface area contributed by atoms with Crippen LogP contribution in [0, 0.1) is 0 Å². The van der Waals surface area contributed by atoms with E-state index in [0.717, 1.165) is 0 Å². The summed E-state index contributed by atoms with van der Waals surface area (Å²) in [6, 6.07) is 1.81. The van der Waals surface area contributed by atoms with Crippen LogP contribution in [0.15, 0.2) is 24.8 Å².